The summed E-state index contributed by atoms with van der Waals surface area (Å²) in [5, 5.41) is 28.1. The molecule has 1 aromatic carbocycles. The first kappa shape index (κ1) is 14.2. The van der Waals surface area contributed by atoms with Crippen LogP contribution in [0.4, 0.5) is 0 Å². The highest BCUT2D eigenvalue weighted by Gasteiger charge is 2.38. The summed E-state index contributed by atoms with van der Waals surface area (Å²) in [6.45, 7) is -0.679. The van der Waals surface area contributed by atoms with E-state index in [1.807, 2.05) is 0 Å². The molecule has 1 aromatic rings. The molecule has 0 radical (unpaired) electrons. The zero-order chi connectivity index (χ0) is 13.8. The van der Waals surface area contributed by atoms with Crippen LogP contribution in [-0.4, -0.2) is 54.0 Å². The molecule has 0 saturated carbocycles. The van der Waals surface area contributed by atoms with E-state index in [1.54, 1.807) is 31.4 Å². The first-order valence-electron chi connectivity index (χ1n) is 6.04. The maximum absolute atomic E-state index is 9.79. The van der Waals surface area contributed by atoms with Crippen molar-refractivity contribution in [2.75, 3.05) is 20.3 Å². The van der Waals surface area contributed by atoms with E-state index in [0.717, 1.165) is 5.56 Å². The molecule has 0 bridgehead atoms. The zero-order valence-electron chi connectivity index (χ0n) is 10.6. The van der Waals surface area contributed by atoms with Gasteiger partial charge in [0.1, 0.15) is 24.1 Å². The number of hydrogen-bond acceptors (Lipinski definition) is 6. The molecule has 4 atom stereocenters. The largest absolute Gasteiger partial charge is 0.497 e. The maximum atomic E-state index is 9.79. The van der Waals surface area contributed by atoms with Crippen LogP contribution < -0.4 is 4.74 Å². The quantitative estimate of drug-likeness (QED) is 0.703. The second-order valence-electron chi connectivity index (χ2n) is 4.31. The van der Waals surface area contributed by atoms with E-state index in [4.69, 9.17) is 14.2 Å². The Bertz CT molecular complexity index is 379. The molecule has 1 heterocycles. The predicted molar refractivity (Wildman–Crippen MR) is 65.7 cm³/mol. The van der Waals surface area contributed by atoms with Gasteiger partial charge in [-0.15, -0.1) is 0 Å². The molecule has 0 aromatic heterocycles. The molecule has 0 spiro atoms. The number of rotatable bonds is 4. The molecule has 6 heteroatoms. The van der Waals surface area contributed by atoms with Crippen molar-refractivity contribution in [3.8, 4) is 5.75 Å². The third-order valence-electron chi connectivity index (χ3n) is 3.11. The summed E-state index contributed by atoms with van der Waals surface area (Å²) in [4.78, 5) is 0. The van der Waals surface area contributed by atoms with Gasteiger partial charge in [-0.05, 0) is 12.1 Å². The van der Waals surface area contributed by atoms with Crippen molar-refractivity contribution in [1.29, 1.82) is 0 Å². The second kappa shape index (κ2) is 6.31. The minimum Gasteiger partial charge on any atom is -0.497 e. The van der Waals surface area contributed by atoms with Crippen LogP contribution in [0.15, 0.2) is 24.3 Å². The zero-order valence-corrected chi connectivity index (χ0v) is 10.6. The average molecular weight is 270 g/mol. The van der Waals surface area contributed by atoms with Crippen LogP contribution in [-0.2, 0) is 9.47 Å². The van der Waals surface area contributed by atoms with Gasteiger partial charge in [-0.25, -0.2) is 0 Å². The lowest BCUT2D eigenvalue weighted by molar-refractivity contribution is -0.298. The second-order valence-corrected chi connectivity index (χ2v) is 4.31. The Morgan fingerprint density at radius 3 is 2.00 bits per heavy atom. The average Bonchev–Trinajstić information content (AvgIpc) is 2.47. The van der Waals surface area contributed by atoms with Crippen LogP contribution >= 0.6 is 0 Å². The number of ether oxygens (including phenoxy) is 3. The van der Waals surface area contributed by atoms with Gasteiger partial charge < -0.3 is 29.5 Å². The lowest BCUT2D eigenvalue weighted by Crippen LogP contribution is -2.50. The molecule has 3 N–H and O–H groups in total. The number of hydrogen-bond donors (Lipinski definition) is 3. The van der Waals surface area contributed by atoms with Gasteiger partial charge in [0.25, 0.3) is 0 Å². The van der Waals surface area contributed by atoms with Gasteiger partial charge >= 0.3 is 0 Å². The smallest absolute Gasteiger partial charge is 0.184 e. The molecule has 2 rings (SSSR count). The van der Waals surface area contributed by atoms with Gasteiger partial charge in [0.05, 0.1) is 20.3 Å². The van der Waals surface area contributed by atoms with Crippen LogP contribution in [0.5, 0.6) is 5.75 Å². The number of benzene rings is 1. The van der Waals surface area contributed by atoms with Gasteiger partial charge in [-0.1, -0.05) is 12.1 Å². The van der Waals surface area contributed by atoms with Crippen molar-refractivity contribution >= 4 is 0 Å². The topological polar surface area (TPSA) is 88.4 Å². The van der Waals surface area contributed by atoms with Crippen LogP contribution in [0.2, 0.25) is 0 Å². The van der Waals surface area contributed by atoms with Gasteiger partial charge in [0, 0.05) is 5.56 Å². The molecule has 106 valence electrons. The van der Waals surface area contributed by atoms with Crippen LogP contribution in [0.1, 0.15) is 11.9 Å². The van der Waals surface area contributed by atoms with Gasteiger partial charge in [0.2, 0.25) is 0 Å². The Morgan fingerprint density at radius 1 is 1.05 bits per heavy atom. The fourth-order valence-electron chi connectivity index (χ4n) is 1.97. The minimum atomic E-state index is -1.05. The Balaban J connectivity index is 2.14. The molecule has 1 aliphatic rings. The van der Waals surface area contributed by atoms with E-state index in [2.05, 4.69) is 0 Å². The van der Waals surface area contributed by atoms with Crippen molar-refractivity contribution in [2.45, 2.75) is 24.6 Å². The van der Waals surface area contributed by atoms with Crippen molar-refractivity contribution in [2.24, 2.45) is 0 Å². The Morgan fingerprint density at radius 2 is 1.58 bits per heavy atom. The normalized spacial score (nSPS) is 31.2. The molecule has 1 saturated heterocycles. The molecule has 2 unspecified atom stereocenters. The van der Waals surface area contributed by atoms with Gasteiger partial charge in [-0.2, -0.15) is 0 Å². The van der Waals surface area contributed by atoms with Crippen molar-refractivity contribution in [1.82, 2.24) is 0 Å². The molecule has 1 fully saturated rings. The monoisotopic (exact) mass is 270 g/mol. The molecule has 0 aliphatic carbocycles. The summed E-state index contributed by atoms with van der Waals surface area (Å²) in [5.41, 5.74) is 0.726. The van der Waals surface area contributed by atoms with Crippen molar-refractivity contribution in [3.05, 3.63) is 29.8 Å². The van der Waals surface area contributed by atoms with E-state index >= 15 is 0 Å². The van der Waals surface area contributed by atoms with Crippen molar-refractivity contribution in [3.63, 3.8) is 0 Å². The van der Waals surface area contributed by atoms with Crippen LogP contribution in [0.3, 0.4) is 0 Å². The summed E-state index contributed by atoms with van der Waals surface area (Å²) in [6, 6.07) is 7.05. The fourth-order valence-corrected chi connectivity index (χ4v) is 1.97. The van der Waals surface area contributed by atoms with Gasteiger partial charge in [-0.3, -0.25) is 0 Å². The number of aliphatic hydroxyl groups excluding tert-OH is 3. The lowest BCUT2D eigenvalue weighted by atomic mass is 10.1. The Hall–Kier alpha value is -1.18. The lowest BCUT2D eigenvalue weighted by Gasteiger charge is -2.38. The van der Waals surface area contributed by atoms with E-state index in [1.165, 1.54) is 0 Å². The summed E-state index contributed by atoms with van der Waals surface area (Å²) in [7, 11) is 1.57. The molecule has 1 aliphatic heterocycles. The summed E-state index contributed by atoms with van der Waals surface area (Å²) >= 11 is 0. The fraction of sp³-hybridized carbons (Fsp3) is 0.538. The molecule has 19 heavy (non-hydrogen) atoms. The summed E-state index contributed by atoms with van der Waals surface area (Å²) in [6.07, 6.45) is -3.34. The standard InChI is InChI=1S/C13H18O6/c1-17-9-4-2-8(3-5-9)13-18-10(6-14)12(16)11(7-15)19-13/h2-5,10-16H,6-7H2,1H3/t10-,11+,12?,13?. The minimum absolute atomic E-state index is 0.340. The van der Waals surface area contributed by atoms with Gasteiger partial charge in [0.15, 0.2) is 6.29 Å². The molecule has 6 nitrogen and oxygen atoms in total. The SMILES string of the molecule is COc1ccc(C2O[C@@H](CO)C(O)[C@@H](CO)O2)cc1. The predicted octanol–water partition coefficient (Wildman–Crippen LogP) is -0.177. The Kier molecular flexibility index (Phi) is 4.73. The first-order valence-corrected chi connectivity index (χ1v) is 6.04. The van der Waals surface area contributed by atoms with E-state index in [0.29, 0.717) is 5.75 Å². The highest BCUT2D eigenvalue weighted by molar-refractivity contribution is 5.28. The molecule has 0 amide bonds. The third kappa shape index (κ3) is 3.05. The molecular weight excluding hydrogens is 252 g/mol. The van der Waals surface area contributed by atoms with E-state index < -0.39 is 24.6 Å². The summed E-state index contributed by atoms with van der Waals surface area (Å²) < 4.78 is 16.0. The molecular formula is C13H18O6. The highest BCUT2D eigenvalue weighted by atomic mass is 16.7. The van der Waals surface area contributed by atoms with E-state index in [9.17, 15) is 15.3 Å². The van der Waals surface area contributed by atoms with Crippen LogP contribution in [0, 0.1) is 0 Å². The Labute approximate surface area is 111 Å². The van der Waals surface area contributed by atoms with Crippen molar-refractivity contribution < 1.29 is 29.5 Å². The number of aliphatic hydroxyl groups is 3. The summed E-state index contributed by atoms with van der Waals surface area (Å²) in [5.74, 6) is 0.706. The van der Waals surface area contributed by atoms with E-state index in [-0.39, 0.29) is 13.2 Å². The third-order valence-corrected chi connectivity index (χ3v) is 3.11. The highest BCUT2D eigenvalue weighted by Crippen LogP contribution is 2.30. The maximum Gasteiger partial charge on any atom is 0.184 e. The number of methoxy groups -OCH3 is 1. The first-order chi connectivity index (χ1) is 9.19. The van der Waals surface area contributed by atoms with Crippen LogP contribution in [0.25, 0.3) is 0 Å².